The molecule has 2 nitrogen and oxygen atoms in total. The normalized spacial score (nSPS) is 12.0. The first kappa shape index (κ1) is 7.40. The van der Waals surface area contributed by atoms with Crippen LogP contribution >= 0.6 is 15.9 Å². The maximum atomic E-state index is 8.39. The highest BCUT2D eigenvalue weighted by Crippen LogP contribution is 2.13. The summed E-state index contributed by atoms with van der Waals surface area (Å²) in [5, 5.41) is 16.8. The zero-order valence-corrected chi connectivity index (χ0v) is 5.77. The van der Waals surface area contributed by atoms with Gasteiger partial charge in [0.25, 0.3) is 0 Å². The van der Waals surface area contributed by atoms with E-state index in [1.807, 2.05) is 0 Å². The van der Waals surface area contributed by atoms with Crippen LogP contribution in [0.2, 0.25) is 0 Å². The molecule has 0 aliphatic carbocycles. The summed E-state index contributed by atoms with van der Waals surface area (Å²) in [6.45, 7) is 1.64. The molecule has 0 bridgehead atoms. The van der Waals surface area contributed by atoms with Crippen molar-refractivity contribution >= 4 is 15.9 Å². The average Bonchev–Trinajstić information content (AvgIpc) is 1.68. The highest BCUT2D eigenvalue weighted by Gasteiger charge is 2.15. The minimum Gasteiger partial charge on any atom is -0.395 e. The predicted molar refractivity (Wildman–Crippen MR) is 31.5 cm³/mol. The lowest BCUT2D eigenvalue weighted by Gasteiger charge is -2.13. The van der Waals surface area contributed by atoms with Gasteiger partial charge in [0, 0.05) is 0 Å². The monoisotopic (exact) mass is 168 g/mol. The van der Waals surface area contributed by atoms with Crippen molar-refractivity contribution < 1.29 is 10.2 Å². The van der Waals surface area contributed by atoms with E-state index in [1.54, 1.807) is 6.92 Å². The molecule has 7 heavy (non-hydrogen) atoms. The Bertz CT molecular complexity index is 47.7. The molecule has 44 valence electrons. The fourth-order valence-electron chi connectivity index (χ4n) is 0.0500. The molecule has 2 N–H and O–H groups in total. The maximum Gasteiger partial charge on any atom is 0.0690 e. The number of aliphatic hydroxyl groups is 2. The number of hydrogen-bond acceptors (Lipinski definition) is 2. The van der Waals surface area contributed by atoms with Crippen LogP contribution in [0.3, 0.4) is 0 Å². The van der Waals surface area contributed by atoms with Crippen molar-refractivity contribution in [2.45, 2.75) is 11.2 Å². The molecule has 0 rings (SSSR count). The second-order valence-corrected chi connectivity index (χ2v) is 3.64. The van der Waals surface area contributed by atoms with Gasteiger partial charge in [0.15, 0.2) is 0 Å². The molecule has 0 saturated carbocycles. The minimum atomic E-state index is -0.493. The molecular weight excluding hydrogens is 160 g/mol. The van der Waals surface area contributed by atoms with Crippen LogP contribution in [0.25, 0.3) is 0 Å². The molecule has 0 saturated heterocycles. The van der Waals surface area contributed by atoms with Crippen LogP contribution in [0, 0.1) is 0 Å². The third kappa shape index (κ3) is 3.02. The van der Waals surface area contributed by atoms with Crippen LogP contribution in [0.5, 0.6) is 0 Å². The first-order valence-corrected chi connectivity index (χ1v) is 2.82. The molecule has 0 unspecified atom stereocenters. The molecule has 0 aromatic rings. The van der Waals surface area contributed by atoms with Gasteiger partial charge in [-0.1, -0.05) is 15.9 Å². The SMILES string of the molecule is CC(Br)(CO)CO. The van der Waals surface area contributed by atoms with Gasteiger partial charge in [0.2, 0.25) is 0 Å². The topological polar surface area (TPSA) is 40.5 Å². The van der Waals surface area contributed by atoms with E-state index >= 15 is 0 Å². The smallest absolute Gasteiger partial charge is 0.0690 e. The predicted octanol–water partition coefficient (Wildman–Crippen LogP) is 0.125. The first-order valence-electron chi connectivity index (χ1n) is 2.03. The molecule has 0 fully saturated rings. The summed E-state index contributed by atoms with van der Waals surface area (Å²) in [5.74, 6) is 0. The number of hydrogen-bond donors (Lipinski definition) is 2. The van der Waals surface area contributed by atoms with Crippen molar-refractivity contribution in [2.24, 2.45) is 0 Å². The van der Waals surface area contributed by atoms with Gasteiger partial charge in [-0.15, -0.1) is 0 Å². The summed E-state index contributed by atoms with van der Waals surface area (Å²) in [7, 11) is 0. The van der Waals surface area contributed by atoms with Gasteiger partial charge in [0.05, 0.1) is 17.5 Å². The molecule has 0 radical (unpaired) electrons. The van der Waals surface area contributed by atoms with Gasteiger partial charge in [-0.3, -0.25) is 0 Å². The first-order chi connectivity index (χ1) is 3.12. The molecule has 0 heterocycles. The van der Waals surface area contributed by atoms with Crippen LogP contribution in [0.1, 0.15) is 6.92 Å². The van der Waals surface area contributed by atoms with E-state index in [2.05, 4.69) is 15.9 Å². The van der Waals surface area contributed by atoms with Crippen molar-refractivity contribution in [1.29, 1.82) is 0 Å². The lowest BCUT2D eigenvalue weighted by atomic mass is 10.2. The van der Waals surface area contributed by atoms with E-state index in [0.717, 1.165) is 0 Å². The zero-order valence-electron chi connectivity index (χ0n) is 4.19. The minimum absolute atomic E-state index is 0.0382. The van der Waals surface area contributed by atoms with Crippen LogP contribution < -0.4 is 0 Å². The molecule has 0 aliphatic rings. The van der Waals surface area contributed by atoms with E-state index in [-0.39, 0.29) is 13.2 Å². The van der Waals surface area contributed by atoms with Gasteiger partial charge < -0.3 is 10.2 Å². The molecule has 0 spiro atoms. The van der Waals surface area contributed by atoms with Crippen LogP contribution in [-0.2, 0) is 0 Å². The molecule has 0 amide bonds. The van der Waals surface area contributed by atoms with Gasteiger partial charge in [-0.25, -0.2) is 0 Å². The highest BCUT2D eigenvalue weighted by atomic mass is 79.9. The van der Waals surface area contributed by atoms with E-state index < -0.39 is 4.32 Å². The lowest BCUT2D eigenvalue weighted by molar-refractivity contribution is 0.186. The van der Waals surface area contributed by atoms with Crippen LogP contribution in [0.4, 0.5) is 0 Å². The highest BCUT2D eigenvalue weighted by molar-refractivity contribution is 9.10. The van der Waals surface area contributed by atoms with Crippen LogP contribution in [-0.4, -0.2) is 27.8 Å². The van der Waals surface area contributed by atoms with Crippen molar-refractivity contribution in [2.75, 3.05) is 13.2 Å². The summed E-state index contributed by atoms with van der Waals surface area (Å²) < 4.78 is -0.493. The average molecular weight is 169 g/mol. The molecule has 3 heteroatoms. The standard InChI is InChI=1S/C4H9BrO2/c1-4(5,2-6)3-7/h6-7H,2-3H2,1H3. The molecule has 0 aromatic carbocycles. The Morgan fingerprint density at radius 1 is 1.43 bits per heavy atom. The Morgan fingerprint density at radius 2 is 1.71 bits per heavy atom. The zero-order chi connectivity index (χ0) is 5.91. The summed E-state index contributed by atoms with van der Waals surface area (Å²) in [6.07, 6.45) is 0. The Labute approximate surface area is 51.3 Å². The van der Waals surface area contributed by atoms with E-state index in [9.17, 15) is 0 Å². The second-order valence-electron chi connectivity index (χ2n) is 1.73. The van der Waals surface area contributed by atoms with Gasteiger partial charge in [0.1, 0.15) is 0 Å². The number of alkyl halides is 1. The van der Waals surface area contributed by atoms with E-state index in [0.29, 0.717) is 0 Å². The molecule has 0 aliphatic heterocycles. The maximum absolute atomic E-state index is 8.39. The van der Waals surface area contributed by atoms with Crippen molar-refractivity contribution in [3.8, 4) is 0 Å². The molecule has 0 aromatic heterocycles. The van der Waals surface area contributed by atoms with E-state index in [4.69, 9.17) is 10.2 Å². The van der Waals surface area contributed by atoms with Crippen molar-refractivity contribution in [3.63, 3.8) is 0 Å². The molecular formula is C4H9BrO2. The number of aliphatic hydroxyl groups excluding tert-OH is 2. The van der Waals surface area contributed by atoms with Gasteiger partial charge in [-0.05, 0) is 6.92 Å². The van der Waals surface area contributed by atoms with E-state index in [1.165, 1.54) is 0 Å². The van der Waals surface area contributed by atoms with Crippen LogP contribution in [0.15, 0.2) is 0 Å². The summed E-state index contributed by atoms with van der Waals surface area (Å²) in [4.78, 5) is 0. The third-order valence-electron chi connectivity index (χ3n) is 0.659. The fourth-order valence-corrected chi connectivity index (χ4v) is 0.0500. The second kappa shape index (κ2) is 2.64. The lowest BCUT2D eigenvalue weighted by Crippen LogP contribution is -2.25. The summed E-state index contributed by atoms with van der Waals surface area (Å²) in [6, 6.07) is 0. The Morgan fingerprint density at radius 3 is 1.71 bits per heavy atom. The number of halogens is 1. The quantitative estimate of drug-likeness (QED) is 0.576. The molecule has 0 atom stereocenters. The van der Waals surface area contributed by atoms with Crippen molar-refractivity contribution in [1.82, 2.24) is 0 Å². The Kier molecular flexibility index (Phi) is 2.80. The third-order valence-corrected chi connectivity index (χ3v) is 1.16. The van der Waals surface area contributed by atoms with Gasteiger partial charge in [-0.2, -0.15) is 0 Å². The number of rotatable bonds is 2. The Hall–Kier alpha value is 0.400. The Balaban J connectivity index is 3.36. The summed E-state index contributed by atoms with van der Waals surface area (Å²) >= 11 is 3.08. The summed E-state index contributed by atoms with van der Waals surface area (Å²) in [5.41, 5.74) is 0. The van der Waals surface area contributed by atoms with Gasteiger partial charge >= 0.3 is 0 Å². The fraction of sp³-hybridized carbons (Fsp3) is 1.00. The largest absolute Gasteiger partial charge is 0.395 e. The van der Waals surface area contributed by atoms with Crippen molar-refractivity contribution in [3.05, 3.63) is 0 Å².